The Bertz CT molecular complexity index is 837. The summed E-state index contributed by atoms with van der Waals surface area (Å²) in [5.41, 5.74) is 1.37. The Kier molecular flexibility index (Phi) is 2.83. The Hall–Kier alpha value is -2.55. The third-order valence-corrected chi connectivity index (χ3v) is 4.87. The molecule has 3 heteroatoms. The van der Waals surface area contributed by atoms with E-state index in [1.165, 1.54) is 10.9 Å². The summed E-state index contributed by atoms with van der Waals surface area (Å²) >= 11 is 0. The van der Waals surface area contributed by atoms with Crippen LogP contribution in [0, 0.1) is 5.92 Å². The maximum atomic E-state index is 11.9. The summed E-state index contributed by atoms with van der Waals surface area (Å²) in [6.45, 7) is 0.745. The van der Waals surface area contributed by atoms with E-state index in [1.54, 1.807) is 0 Å². The second kappa shape index (κ2) is 4.73. The Morgan fingerprint density at radius 3 is 2.59 bits per heavy atom. The first-order valence-electron chi connectivity index (χ1n) is 7.54. The number of carboxylic acids is 1. The highest BCUT2D eigenvalue weighted by Gasteiger charge is 2.61. The van der Waals surface area contributed by atoms with E-state index in [0.717, 1.165) is 12.1 Å². The minimum atomic E-state index is -0.716. The molecule has 0 amide bonds. The third kappa shape index (κ3) is 1.86. The second-order valence-electron chi connectivity index (χ2n) is 6.07. The van der Waals surface area contributed by atoms with Crippen molar-refractivity contribution < 1.29 is 9.90 Å². The monoisotopic (exact) mass is 291 g/mol. The van der Waals surface area contributed by atoms with Gasteiger partial charge in [-0.2, -0.15) is 0 Å². The highest BCUT2D eigenvalue weighted by Crippen LogP contribution is 2.55. The molecule has 0 bridgehead atoms. The molecule has 4 rings (SSSR count). The average molecular weight is 291 g/mol. The Balaban J connectivity index is 1.66. The maximum absolute atomic E-state index is 11.9. The van der Waals surface area contributed by atoms with Gasteiger partial charge in [0.1, 0.15) is 0 Å². The number of fused-ring (bicyclic) bond motifs is 1. The molecule has 1 aliphatic rings. The molecule has 22 heavy (non-hydrogen) atoms. The lowest BCUT2D eigenvalue weighted by atomic mass is 9.93. The molecular formula is C19H17NO2. The number of para-hydroxylation sites is 1. The summed E-state index contributed by atoms with van der Waals surface area (Å²) in [7, 11) is 0. The molecule has 1 N–H and O–H groups in total. The zero-order valence-electron chi connectivity index (χ0n) is 12.1. The van der Waals surface area contributed by atoms with Gasteiger partial charge < -0.3 is 9.67 Å². The van der Waals surface area contributed by atoms with Crippen LogP contribution in [0.4, 0.5) is 0 Å². The summed E-state index contributed by atoms with van der Waals surface area (Å²) in [6, 6.07) is 19.9. The van der Waals surface area contributed by atoms with E-state index in [-0.39, 0.29) is 5.92 Å². The molecule has 0 saturated heterocycles. The van der Waals surface area contributed by atoms with E-state index in [2.05, 4.69) is 29.0 Å². The van der Waals surface area contributed by atoms with Crippen molar-refractivity contribution in [1.82, 2.24) is 4.57 Å². The van der Waals surface area contributed by atoms with Gasteiger partial charge in [0, 0.05) is 18.3 Å². The minimum Gasteiger partial charge on any atom is -0.481 e. The first-order valence-corrected chi connectivity index (χ1v) is 7.54. The highest BCUT2D eigenvalue weighted by molar-refractivity contribution is 5.86. The molecule has 1 heterocycles. The lowest BCUT2D eigenvalue weighted by Gasteiger charge is -2.14. The summed E-state index contributed by atoms with van der Waals surface area (Å²) < 4.78 is 2.17. The van der Waals surface area contributed by atoms with Gasteiger partial charge in [0.25, 0.3) is 0 Å². The molecular weight excluding hydrogens is 274 g/mol. The fourth-order valence-electron chi connectivity index (χ4n) is 3.56. The van der Waals surface area contributed by atoms with E-state index in [9.17, 15) is 9.90 Å². The lowest BCUT2D eigenvalue weighted by molar-refractivity contribution is -0.140. The summed E-state index contributed by atoms with van der Waals surface area (Å²) in [6.07, 6.45) is 2.76. The first kappa shape index (κ1) is 13.1. The van der Waals surface area contributed by atoms with Gasteiger partial charge in [0.2, 0.25) is 0 Å². The number of carbonyl (C=O) groups is 1. The van der Waals surface area contributed by atoms with Crippen molar-refractivity contribution in [3.8, 4) is 0 Å². The SMILES string of the molecule is O=C(O)[C@@]1(c2ccccc2)C[C@H]1Cn1ccc2ccccc21. The van der Waals surface area contributed by atoms with E-state index >= 15 is 0 Å². The van der Waals surface area contributed by atoms with Gasteiger partial charge >= 0.3 is 5.97 Å². The quantitative estimate of drug-likeness (QED) is 0.796. The number of nitrogens with zero attached hydrogens (tertiary/aromatic N) is 1. The largest absolute Gasteiger partial charge is 0.481 e. The van der Waals surface area contributed by atoms with E-state index in [1.807, 2.05) is 42.5 Å². The van der Waals surface area contributed by atoms with Crippen LogP contribution < -0.4 is 0 Å². The standard InChI is InChI=1S/C19H17NO2/c21-18(22)19(15-7-2-1-3-8-15)12-16(19)13-20-11-10-14-6-4-5-9-17(14)20/h1-11,16H,12-13H2,(H,21,22)/t16-,19+/m0/s1. The lowest BCUT2D eigenvalue weighted by Crippen LogP contribution is -2.23. The molecule has 3 nitrogen and oxygen atoms in total. The Morgan fingerprint density at radius 1 is 1.09 bits per heavy atom. The fourth-order valence-corrected chi connectivity index (χ4v) is 3.56. The summed E-state index contributed by atoms with van der Waals surface area (Å²) in [5.74, 6) is -0.566. The molecule has 0 spiro atoms. The van der Waals surface area contributed by atoms with Crippen molar-refractivity contribution in [2.45, 2.75) is 18.4 Å². The van der Waals surface area contributed by atoms with Crippen LogP contribution in [0.15, 0.2) is 66.9 Å². The zero-order valence-corrected chi connectivity index (χ0v) is 12.1. The molecule has 1 fully saturated rings. The van der Waals surface area contributed by atoms with Crippen molar-refractivity contribution in [1.29, 1.82) is 0 Å². The van der Waals surface area contributed by atoms with Crippen molar-refractivity contribution in [3.05, 3.63) is 72.4 Å². The molecule has 110 valence electrons. The molecule has 0 radical (unpaired) electrons. The third-order valence-electron chi connectivity index (χ3n) is 4.87. The average Bonchev–Trinajstić information content (AvgIpc) is 3.14. The molecule has 1 aliphatic carbocycles. The topological polar surface area (TPSA) is 42.2 Å². The fraction of sp³-hybridized carbons (Fsp3) is 0.211. The normalized spacial score (nSPS) is 23.5. The Morgan fingerprint density at radius 2 is 1.82 bits per heavy atom. The predicted molar refractivity (Wildman–Crippen MR) is 85.8 cm³/mol. The van der Waals surface area contributed by atoms with Crippen LogP contribution in [0.25, 0.3) is 10.9 Å². The van der Waals surface area contributed by atoms with Crippen LogP contribution in [0.1, 0.15) is 12.0 Å². The molecule has 1 aromatic heterocycles. The zero-order chi connectivity index (χ0) is 15.2. The number of rotatable bonds is 4. The number of carboxylic acid groups (broad SMARTS) is 1. The van der Waals surface area contributed by atoms with Crippen molar-refractivity contribution >= 4 is 16.9 Å². The first-order chi connectivity index (χ1) is 10.7. The van der Waals surface area contributed by atoms with Crippen molar-refractivity contribution in [2.75, 3.05) is 0 Å². The number of hydrogen-bond donors (Lipinski definition) is 1. The van der Waals surface area contributed by atoms with Gasteiger partial charge in [-0.3, -0.25) is 4.79 Å². The smallest absolute Gasteiger partial charge is 0.314 e. The predicted octanol–water partition coefficient (Wildman–Crippen LogP) is 3.68. The van der Waals surface area contributed by atoms with Crippen LogP contribution in [-0.2, 0) is 16.8 Å². The summed E-state index contributed by atoms with van der Waals surface area (Å²) in [4.78, 5) is 11.9. The van der Waals surface area contributed by atoms with E-state index < -0.39 is 11.4 Å². The molecule has 2 aromatic carbocycles. The van der Waals surface area contributed by atoms with Crippen LogP contribution in [0.3, 0.4) is 0 Å². The van der Waals surface area contributed by atoms with Crippen LogP contribution in [0.2, 0.25) is 0 Å². The van der Waals surface area contributed by atoms with Crippen LogP contribution in [-0.4, -0.2) is 15.6 Å². The van der Waals surface area contributed by atoms with Crippen LogP contribution in [0.5, 0.6) is 0 Å². The molecule has 0 aliphatic heterocycles. The minimum absolute atomic E-state index is 0.142. The summed E-state index contributed by atoms with van der Waals surface area (Å²) in [5, 5.41) is 11.0. The number of benzene rings is 2. The molecule has 1 saturated carbocycles. The van der Waals surface area contributed by atoms with Crippen molar-refractivity contribution in [3.63, 3.8) is 0 Å². The van der Waals surface area contributed by atoms with Gasteiger partial charge in [-0.05, 0) is 35.4 Å². The van der Waals surface area contributed by atoms with Gasteiger partial charge in [0.15, 0.2) is 0 Å². The number of aromatic nitrogens is 1. The van der Waals surface area contributed by atoms with Crippen LogP contribution >= 0.6 is 0 Å². The number of hydrogen-bond acceptors (Lipinski definition) is 1. The number of aliphatic carboxylic acids is 1. The van der Waals surface area contributed by atoms with E-state index in [0.29, 0.717) is 6.42 Å². The van der Waals surface area contributed by atoms with Crippen molar-refractivity contribution in [2.24, 2.45) is 5.92 Å². The maximum Gasteiger partial charge on any atom is 0.314 e. The molecule has 0 unspecified atom stereocenters. The molecule has 2 atom stereocenters. The van der Waals surface area contributed by atoms with Gasteiger partial charge in [-0.1, -0.05) is 48.5 Å². The van der Waals surface area contributed by atoms with Gasteiger partial charge in [0.05, 0.1) is 5.41 Å². The second-order valence-corrected chi connectivity index (χ2v) is 6.07. The Labute approximate surface area is 128 Å². The highest BCUT2D eigenvalue weighted by atomic mass is 16.4. The van der Waals surface area contributed by atoms with Gasteiger partial charge in [-0.25, -0.2) is 0 Å². The van der Waals surface area contributed by atoms with Gasteiger partial charge in [-0.15, -0.1) is 0 Å². The molecule has 3 aromatic rings. The van der Waals surface area contributed by atoms with E-state index in [4.69, 9.17) is 0 Å².